The molecule has 0 spiro atoms. The molecule has 288 valence electrons. The highest BCUT2D eigenvalue weighted by atomic mass is 16.6. The second-order valence-corrected chi connectivity index (χ2v) is 16.6. The zero-order chi connectivity index (χ0) is 38.3. The van der Waals surface area contributed by atoms with Crippen LogP contribution in [0.4, 0.5) is 16.2 Å². The van der Waals surface area contributed by atoms with Crippen molar-refractivity contribution in [3.8, 4) is 5.75 Å². The van der Waals surface area contributed by atoms with Crippen molar-refractivity contribution in [2.45, 2.75) is 132 Å². The van der Waals surface area contributed by atoms with Gasteiger partial charge in [0.2, 0.25) is 5.91 Å². The van der Waals surface area contributed by atoms with Crippen LogP contribution in [-0.2, 0) is 28.6 Å². The lowest BCUT2D eigenvalue weighted by Crippen LogP contribution is -2.53. The monoisotopic (exact) mass is 715 g/mol. The number of rotatable bonds is 13. The molecule has 3 aliphatic rings. The van der Waals surface area contributed by atoms with Crippen molar-refractivity contribution in [3.05, 3.63) is 18.2 Å². The number of likely N-dealkylation sites (tertiary alicyclic amines) is 1. The number of Topliss-reactive ketones (excluding diaryl/α,β-unsaturated/α-hetero) is 1. The molecule has 3 amide bonds. The molecule has 11 nitrogen and oxygen atoms in total. The van der Waals surface area contributed by atoms with E-state index >= 15 is 0 Å². The Morgan fingerprint density at radius 2 is 1.69 bits per heavy atom. The van der Waals surface area contributed by atoms with Gasteiger partial charge >= 0.3 is 6.09 Å². The first-order valence-electron chi connectivity index (χ1n) is 18.9. The minimum Gasteiger partial charge on any atom is -0.476 e. The lowest BCUT2D eigenvalue weighted by Gasteiger charge is -2.40. The van der Waals surface area contributed by atoms with Gasteiger partial charge in [0.05, 0.1) is 24.3 Å². The molecule has 1 saturated carbocycles. The zero-order valence-electron chi connectivity index (χ0n) is 33.4. The van der Waals surface area contributed by atoms with Gasteiger partial charge in [0.15, 0.2) is 5.60 Å². The number of ketones is 1. The van der Waals surface area contributed by atoms with Gasteiger partial charge in [-0.1, -0.05) is 20.8 Å². The third kappa shape index (κ3) is 12.5. The number of carbonyl (C=O) groups is 4. The van der Waals surface area contributed by atoms with Crippen molar-refractivity contribution < 1.29 is 38.1 Å². The molecule has 1 aliphatic carbocycles. The number of amides is 3. The molecule has 4 rings (SSSR count). The van der Waals surface area contributed by atoms with E-state index in [1.54, 1.807) is 44.4 Å². The van der Waals surface area contributed by atoms with Crippen LogP contribution in [-0.4, -0.2) is 91.4 Å². The lowest BCUT2D eigenvalue weighted by atomic mass is 9.86. The van der Waals surface area contributed by atoms with E-state index in [0.717, 1.165) is 37.9 Å². The SMILES string of the molecule is CC(=O)[C@H]1C[C@@H](C(=O)N(c2ccc3c(c2)N(CCOC(C)C)C(=O)C(C)(C)O3)C2CC2)CN(C(=O)OC(C)(C)C)C1.CCOCC(C)CC(C)C. The van der Waals surface area contributed by atoms with E-state index in [1.165, 1.54) is 18.2 Å². The summed E-state index contributed by atoms with van der Waals surface area (Å²) in [7, 11) is 0. The van der Waals surface area contributed by atoms with Crippen LogP contribution in [0.5, 0.6) is 5.75 Å². The summed E-state index contributed by atoms with van der Waals surface area (Å²) in [5.74, 6) is 0.717. The molecule has 1 unspecified atom stereocenters. The smallest absolute Gasteiger partial charge is 0.410 e. The quantitative estimate of drug-likeness (QED) is 0.209. The number of fused-ring (bicyclic) bond motifs is 1. The Balaban J connectivity index is 0.000000612. The molecule has 1 aromatic rings. The van der Waals surface area contributed by atoms with Gasteiger partial charge in [-0.05, 0) is 118 Å². The average molecular weight is 716 g/mol. The minimum absolute atomic E-state index is 0.0163. The number of hydrogen-bond donors (Lipinski definition) is 0. The molecule has 3 atom stereocenters. The van der Waals surface area contributed by atoms with E-state index in [1.807, 2.05) is 39.0 Å². The van der Waals surface area contributed by atoms with E-state index in [4.69, 9.17) is 18.9 Å². The highest BCUT2D eigenvalue weighted by molar-refractivity contribution is 6.04. The van der Waals surface area contributed by atoms with Gasteiger partial charge < -0.3 is 33.6 Å². The predicted molar refractivity (Wildman–Crippen MR) is 200 cm³/mol. The molecule has 11 heteroatoms. The standard InChI is InChI=1S/C31H45N3O7.C9H20O/c1-19(2)39-14-13-33-25-16-24(11-12-26(25)40-31(7,8)28(33)37)34(23-9-10-23)27(36)22-15-21(20(3)35)17-32(18-22)29(38)41-30(4,5)6;1-5-10-7-9(4)6-8(2)3/h11-12,16,19,21-23H,9-10,13-15,17-18H2,1-8H3;8-9H,5-7H2,1-4H3/t21-,22+;/m0./s1. The number of carbonyl (C=O) groups excluding carboxylic acids is 4. The Morgan fingerprint density at radius 1 is 1.04 bits per heavy atom. The maximum Gasteiger partial charge on any atom is 0.410 e. The van der Waals surface area contributed by atoms with Gasteiger partial charge in [-0.3, -0.25) is 14.4 Å². The molecular formula is C40H65N3O8. The summed E-state index contributed by atoms with van der Waals surface area (Å²) in [6, 6.07) is 5.51. The van der Waals surface area contributed by atoms with Gasteiger partial charge in [0, 0.05) is 50.5 Å². The van der Waals surface area contributed by atoms with Crippen LogP contribution < -0.4 is 14.5 Å². The summed E-state index contributed by atoms with van der Waals surface area (Å²) in [6.07, 6.45) is 2.87. The second kappa shape index (κ2) is 18.0. The second-order valence-electron chi connectivity index (χ2n) is 16.6. The Bertz CT molecular complexity index is 1350. The zero-order valence-corrected chi connectivity index (χ0v) is 33.4. The number of ether oxygens (including phenoxy) is 4. The summed E-state index contributed by atoms with van der Waals surface area (Å²) in [5.41, 5.74) is -0.467. The fourth-order valence-electron chi connectivity index (χ4n) is 6.59. The highest BCUT2D eigenvalue weighted by Crippen LogP contribution is 2.43. The first kappa shape index (κ1) is 42.2. The largest absolute Gasteiger partial charge is 0.476 e. The van der Waals surface area contributed by atoms with Crippen molar-refractivity contribution in [1.29, 1.82) is 0 Å². The number of piperidine rings is 1. The van der Waals surface area contributed by atoms with Gasteiger partial charge in [-0.25, -0.2) is 4.79 Å². The number of nitrogens with zero attached hydrogens (tertiary/aromatic N) is 3. The summed E-state index contributed by atoms with van der Waals surface area (Å²) in [5, 5.41) is 0. The fraction of sp³-hybridized carbons (Fsp3) is 0.750. The average Bonchev–Trinajstić information content (AvgIpc) is 3.86. The lowest BCUT2D eigenvalue weighted by molar-refractivity contribution is -0.133. The van der Waals surface area contributed by atoms with Crippen LogP contribution in [0.1, 0.15) is 109 Å². The molecule has 51 heavy (non-hydrogen) atoms. The van der Waals surface area contributed by atoms with Gasteiger partial charge in [-0.15, -0.1) is 0 Å². The van der Waals surface area contributed by atoms with Gasteiger partial charge in [-0.2, -0.15) is 0 Å². The fourth-order valence-corrected chi connectivity index (χ4v) is 6.59. The Hall–Kier alpha value is -3.18. The molecule has 0 aromatic heterocycles. The summed E-state index contributed by atoms with van der Waals surface area (Å²) >= 11 is 0. The third-order valence-electron chi connectivity index (χ3n) is 9.06. The Kier molecular flexibility index (Phi) is 14.9. The number of hydrogen-bond acceptors (Lipinski definition) is 8. The van der Waals surface area contributed by atoms with Gasteiger partial charge in [0.25, 0.3) is 5.91 Å². The van der Waals surface area contributed by atoms with E-state index in [2.05, 4.69) is 20.8 Å². The first-order chi connectivity index (χ1) is 23.7. The highest BCUT2D eigenvalue weighted by Gasteiger charge is 2.44. The molecule has 1 saturated heterocycles. The van der Waals surface area contributed by atoms with E-state index in [9.17, 15) is 19.2 Å². The van der Waals surface area contributed by atoms with Crippen LogP contribution in [0.2, 0.25) is 0 Å². The molecule has 0 radical (unpaired) electrons. The van der Waals surface area contributed by atoms with E-state index < -0.39 is 29.1 Å². The molecule has 1 aromatic carbocycles. The van der Waals surface area contributed by atoms with Crippen molar-refractivity contribution in [2.75, 3.05) is 49.3 Å². The third-order valence-corrected chi connectivity index (χ3v) is 9.06. The molecule has 2 heterocycles. The van der Waals surface area contributed by atoms with E-state index in [0.29, 0.717) is 36.7 Å². The van der Waals surface area contributed by atoms with Crippen LogP contribution in [0.15, 0.2) is 18.2 Å². The predicted octanol–water partition coefficient (Wildman–Crippen LogP) is 7.28. The normalized spacial score (nSPS) is 20.6. The topological polar surface area (TPSA) is 115 Å². The molecule has 2 fully saturated rings. The summed E-state index contributed by atoms with van der Waals surface area (Å²) in [4.78, 5) is 57.9. The van der Waals surface area contributed by atoms with Crippen molar-refractivity contribution >= 4 is 35.1 Å². The van der Waals surface area contributed by atoms with Crippen LogP contribution in [0, 0.1) is 23.7 Å². The van der Waals surface area contributed by atoms with Crippen molar-refractivity contribution in [1.82, 2.24) is 4.90 Å². The number of benzene rings is 1. The Labute approximate surface area is 306 Å². The minimum atomic E-state index is -1.03. The molecular weight excluding hydrogens is 650 g/mol. The molecule has 0 N–H and O–H groups in total. The van der Waals surface area contributed by atoms with Crippen molar-refractivity contribution in [2.24, 2.45) is 23.7 Å². The molecule has 0 bridgehead atoms. The van der Waals surface area contributed by atoms with Crippen LogP contribution in [0.3, 0.4) is 0 Å². The summed E-state index contributed by atoms with van der Waals surface area (Å²) < 4.78 is 22.7. The van der Waals surface area contributed by atoms with Crippen LogP contribution >= 0.6 is 0 Å². The van der Waals surface area contributed by atoms with E-state index in [-0.39, 0.29) is 42.8 Å². The summed E-state index contributed by atoms with van der Waals surface area (Å²) in [6.45, 7) is 26.0. The van der Waals surface area contributed by atoms with Crippen LogP contribution in [0.25, 0.3) is 0 Å². The van der Waals surface area contributed by atoms with Crippen molar-refractivity contribution in [3.63, 3.8) is 0 Å². The molecule has 2 aliphatic heterocycles. The Morgan fingerprint density at radius 3 is 2.24 bits per heavy atom. The maximum absolute atomic E-state index is 14.2. The number of anilines is 2. The van der Waals surface area contributed by atoms with Gasteiger partial charge in [0.1, 0.15) is 17.1 Å². The maximum atomic E-state index is 14.2. The first-order valence-corrected chi connectivity index (χ1v) is 18.9.